The van der Waals surface area contributed by atoms with Crippen LogP contribution in [0.2, 0.25) is 0 Å². The van der Waals surface area contributed by atoms with E-state index >= 15 is 0 Å². The fourth-order valence-electron chi connectivity index (χ4n) is 5.07. The first kappa shape index (κ1) is 22.3. The second kappa shape index (κ2) is 9.77. The zero-order valence-corrected chi connectivity index (χ0v) is 19.6. The number of carbonyl (C=O) groups excluding carboxylic acids is 1. The summed E-state index contributed by atoms with van der Waals surface area (Å²) in [7, 11) is 0. The van der Waals surface area contributed by atoms with Crippen LogP contribution in [0.25, 0.3) is 0 Å². The monoisotopic (exact) mass is 458 g/mol. The van der Waals surface area contributed by atoms with Crippen LogP contribution in [0.4, 0.5) is 23.3 Å². The van der Waals surface area contributed by atoms with E-state index < -0.39 is 0 Å². The van der Waals surface area contributed by atoms with E-state index in [2.05, 4.69) is 49.8 Å². The second-order valence-electron chi connectivity index (χ2n) is 9.08. The molecule has 3 aromatic rings. The van der Waals surface area contributed by atoms with Gasteiger partial charge in [0.1, 0.15) is 6.33 Å². The molecule has 2 aliphatic rings. The van der Waals surface area contributed by atoms with Gasteiger partial charge in [0.05, 0.1) is 12.7 Å². The second-order valence-corrected chi connectivity index (χ2v) is 9.08. The molecule has 8 heteroatoms. The summed E-state index contributed by atoms with van der Waals surface area (Å²) in [6, 6.07) is 16.8. The van der Waals surface area contributed by atoms with Gasteiger partial charge in [-0.1, -0.05) is 36.4 Å². The number of hydrogen-bond donors (Lipinski definition) is 2. The highest BCUT2D eigenvalue weighted by atomic mass is 16.5. The van der Waals surface area contributed by atoms with E-state index in [1.165, 1.54) is 12.5 Å². The van der Waals surface area contributed by atoms with Crippen molar-refractivity contribution in [3.05, 3.63) is 66.0 Å². The van der Waals surface area contributed by atoms with Crippen LogP contribution in [-0.4, -0.2) is 39.0 Å². The molecule has 2 aromatic carbocycles. The van der Waals surface area contributed by atoms with E-state index in [0.717, 1.165) is 42.6 Å². The Balaban J connectivity index is 1.27. The predicted molar refractivity (Wildman–Crippen MR) is 132 cm³/mol. The van der Waals surface area contributed by atoms with Gasteiger partial charge < -0.3 is 20.3 Å². The summed E-state index contributed by atoms with van der Waals surface area (Å²) in [6.45, 7) is 4.11. The molecule has 3 heterocycles. The van der Waals surface area contributed by atoms with Gasteiger partial charge >= 0.3 is 0 Å². The summed E-state index contributed by atoms with van der Waals surface area (Å²) in [5.74, 6) is 1.10. The van der Waals surface area contributed by atoms with Crippen LogP contribution in [0.15, 0.2) is 54.9 Å². The van der Waals surface area contributed by atoms with Crippen molar-refractivity contribution in [3.8, 4) is 0 Å². The zero-order valence-electron chi connectivity index (χ0n) is 19.6. The number of aromatic nitrogens is 3. The van der Waals surface area contributed by atoms with Crippen LogP contribution < -0.4 is 15.5 Å². The quantitative estimate of drug-likeness (QED) is 0.535. The third-order valence-corrected chi connectivity index (χ3v) is 6.70. The molecule has 2 saturated heterocycles. The van der Waals surface area contributed by atoms with Gasteiger partial charge in [0, 0.05) is 30.4 Å². The van der Waals surface area contributed by atoms with Crippen molar-refractivity contribution in [2.75, 3.05) is 15.5 Å². The molecule has 2 atom stereocenters. The first-order valence-corrected chi connectivity index (χ1v) is 11.8. The summed E-state index contributed by atoms with van der Waals surface area (Å²) in [6.07, 6.45) is 6.04. The molecule has 2 bridgehead atoms. The summed E-state index contributed by atoms with van der Waals surface area (Å²) < 4.78 is 6.27. The van der Waals surface area contributed by atoms with Crippen LogP contribution >= 0.6 is 0 Å². The van der Waals surface area contributed by atoms with Crippen molar-refractivity contribution >= 4 is 29.2 Å². The molecule has 0 spiro atoms. The molecule has 176 valence electrons. The van der Waals surface area contributed by atoms with Crippen molar-refractivity contribution in [1.82, 2.24) is 15.0 Å². The van der Waals surface area contributed by atoms with Gasteiger partial charge in [-0.3, -0.25) is 4.79 Å². The lowest BCUT2D eigenvalue weighted by atomic mass is 10.00. The van der Waals surface area contributed by atoms with Gasteiger partial charge in [-0.25, -0.2) is 9.97 Å². The molecule has 34 heavy (non-hydrogen) atoms. The maximum absolute atomic E-state index is 11.5. The Morgan fingerprint density at radius 1 is 1.03 bits per heavy atom. The molecule has 2 fully saturated rings. The van der Waals surface area contributed by atoms with Crippen molar-refractivity contribution in [3.63, 3.8) is 0 Å². The van der Waals surface area contributed by atoms with E-state index in [1.54, 1.807) is 6.33 Å². The molecular weight excluding hydrogens is 428 g/mol. The summed E-state index contributed by atoms with van der Waals surface area (Å²) >= 11 is 0. The standard InChI is InChI=1S/C26H30N6O2/c1-17-23(29-18(2)33)9-6-10-24(17)30-25-27-16-28-26(31-25)32-20-11-12-21(32)14-22(13-20)34-15-19-7-4-3-5-8-19/h3-10,16,20-22H,11-15H2,1-2H3,(H,29,33)(H,27,28,30,31). The Labute approximate surface area is 199 Å². The number of hydrogen-bond acceptors (Lipinski definition) is 7. The third-order valence-electron chi connectivity index (χ3n) is 6.70. The number of ether oxygens (including phenoxy) is 1. The topological polar surface area (TPSA) is 92.3 Å². The minimum Gasteiger partial charge on any atom is -0.373 e. The first-order chi connectivity index (χ1) is 16.6. The smallest absolute Gasteiger partial charge is 0.232 e. The molecule has 0 saturated carbocycles. The Bertz CT molecular complexity index is 1140. The Morgan fingerprint density at radius 3 is 2.50 bits per heavy atom. The Hall–Kier alpha value is -3.52. The zero-order chi connectivity index (χ0) is 23.5. The summed E-state index contributed by atoms with van der Waals surface area (Å²) in [4.78, 5) is 27.4. The average Bonchev–Trinajstić information content (AvgIpc) is 3.11. The fourth-order valence-corrected chi connectivity index (χ4v) is 5.07. The van der Waals surface area contributed by atoms with Crippen LogP contribution in [0, 0.1) is 6.92 Å². The van der Waals surface area contributed by atoms with Crippen molar-refractivity contribution in [2.45, 2.75) is 64.3 Å². The van der Waals surface area contributed by atoms with E-state index in [0.29, 0.717) is 30.6 Å². The number of fused-ring (bicyclic) bond motifs is 2. The number of benzene rings is 2. The number of anilines is 4. The number of piperidine rings is 1. The van der Waals surface area contributed by atoms with Gasteiger partial charge in [-0.05, 0) is 55.9 Å². The maximum Gasteiger partial charge on any atom is 0.232 e. The van der Waals surface area contributed by atoms with Gasteiger partial charge in [-0.15, -0.1) is 0 Å². The number of carbonyl (C=O) groups is 1. The fraction of sp³-hybridized carbons (Fsp3) is 0.385. The van der Waals surface area contributed by atoms with Crippen molar-refractivity contribution in [2.24, 2.45) is 0 Å². The SMILES string of the molecule is CC(=O)Nc1cccc(Nc2ncnc(N3C4CCC3CC(OCc3ccccc3)C4)n2)c1C. The first-order valence-electron chi connectivity index (χ1n) is 11.8. The molecule has 2 unspecified atom stereocenters. The predicted octanol–water partition coefficient (Wildman–Crippen LogP) is 4.60. The van der Waals surface area contributed by atoms with Crippen LogP contribution in [0.5, 0.6) is 0 Å². The summed E-state index contributed by atoms with van der Waals surface area (Å²) in [5.41, 5.74) is 3.75. The van der Waals surface area contributed by atoms with E-state index in [-0.39, 0.29) is 12.0 Å². The highest BCUT2D eigenvalue weighted by Crippen LogP contribution is 2.39. The minimum atomic E-state index is -0.102. The van der Waals surface area contributed by atoms with E-state index in [4.69, 9.17) is 9.72 Å². The number of nitrogens with one attached hydrogen (secondary N) is 2. The van der Waals surface area contributed by atoms with Gasteiger partial charge in [0.2, 0.25) is 17.8 Å². The number of nitrogens with zero attached hydrogens (tertiary/aromatic N) is 4. The van der Waals surface area contributed by atoms with Crippen LogP contribution in [-0.2, 0) is 16.1 Å². The average molecular weight is 459 g/mol. The number of rotatable bonds is 7. The lowest BCUT2D eigenvalue weighted by molar-refractivity contribution is -0.114. The molecule has 0 aliphatic carbocycles. The molecule has 5 rings (SSSR count). The van der Waals surface area contributed by atoms with E-state index in [1.807, 2.05) is 31.2 Å². The molecule has 2 aliphatic heterocycles. The van der Waals surface area contributed by atoms with Gasteiger partial charge in [-0.2, -0.15) is 4.98 Å². The molecule has 2 N–H and O–H groups in total. The molecule has 1 aromatic heterocycles. The van der Waals surface area contributed by atoms with Crippen LogP contribution in [0.3, 0.4) is 0 Å². The molecular formula is C26H30N6O2. The van der Waals surface area contributed by atoms with Crippen molar-refractivity contribution in [1.29, 1.82) is 0 Å². The maximum atomic E-state index is 11.5. The third kappa shape index (κ3) is 4.87. The van der Waals surface area contributed by atoms with Gasteiger partial charge in [0.25, 0.3) is 0 Å². The minimum absolute atomic E-state index is 0.102. The van der Waals surface area contributed by atoms with Crippen LogP contribution in [0.1, 0.15) is 43.7 Å². The molecule has 1 amide bonds. The normalized spacial score (nSPS) is 21.4. The summed E-state index contributed by atoms with van der Waals surface area (Å²) in [5, 5.41) is 6.15. The largest absolute Gasteiger partial charge is 0.373 e. The highest BCUT2D eigenvalue weighted by Gasteiger charge is 2.42. The Kier molecular flexibility index (Phi) is 6.40. The van der Waals surface area contributed by atoms with Crippen molar-refractivity contribution < 1.29 is 9.53 Å². The lowest BCUT2D eigenvalue weighted by Crippen LogP contribution is -2.46. The number of amides is 1. The molecule has 8 nitrogen and oxygen atoms in total. The van der Waals surface area contributed by atoms with E-state index in [9.17, 15) is 4.79 Å². The highest BCUT2D eigenvalue weighted by molar-refractivity contribution is 5.90. The van der Waals surface area contributed by atoms with Gasteiger partial charge in [0.15, 0.2) is 0 Å². The Morgan fingerprint density at radius 2 is 1.76 bits per heavy atom. The molecule has 0 radical (unpaired) electrons. The lowest BCUT2D eigenvalue weighted by Gasteiger charge is -2.38.